The number of aryl methyl sites for hydroxylation is 2. The van der Waals surface area contributed by atoms with Crippen LogP contribution in [0.2, 0.25) is 0 Å². The maximum Gasteiger partial charge on any atom is 0.433 e. The Morgan fingerprint density at radius 1 is 1.32 bits per heavy atom. The van der Waals surface area contributed by atoms with Gasteiger partial charge in [0, 0.05) is 44.2 Å². The molecule has 0 radical (unpaired) electrons. The van der Waals surface area contributed by atoms with Crippen LogP contribution in [0.4, 0.5) is 13.2 Å². The Hall–Kier alpha value is -2.91. The van der Waals surface area contributed by atoms with Crippen molar-refractivity contribution >= 4 is 11.6 Å². The number of alkyl halides is 3. The zero-order valence-electron chi connectivity index (χ0n) is 13.7. The number of hydrogen-bond donors (Lipinski definition) is 0. The summed E-state index contributed by atoms with van der Waals surface area (Å²) >= 11 is 0. The van der Waals surface area contributed by atoms with Crippen LogP contribution >= 0.6 is 0 Å². The summed E-state index contributed by atoms with van der Waals surface area (Å²) in [6, 6.07) is 2.15. The number of amides is 1. The third kappa shape index (κ3) is 3.32. The highest BCUT2D eigenvalue weighted by Crippen LogP contribution is 2.30. The van der Waals surface area contributed by atoms with E-state index in [-0.39, 0.29) is 23.6 Å². The first kappa shape index (κ1) is 16.9. The lowest BCUT2D eigenvalue weighted by Crippen LogP contribution is -2.26. The van der Waals surface area contributed by atoms with Crippen molar-refractivity contribution in [1.82, 2.24) is 29.3 Å². The van der Waals surface area contributed by atoms with Crippen LogP contribution < -0.4 is 0 Å². The normalized spacial score (nSPS) is 11.9. The summed E-state index contributed by atoms with van der Waals surface area (Å²) in [7, 11) is 3.29. The standard InChI is InChI=1S/C15H15F3N6O/c1-9-4-12(15(16,17)18)24-13(20-9)5-11(21-24)14(25)22(2)7-10-6-19-23(3)8-10/h4-6,8H,7H2,1-3H3. The van der Waals surface area contributed by atoms with Crippen molar-refractivity contribution in [2.24, 2.45) is 7.05 Å². The van der Waals surface area contributed by atoms with Crippen LogP contribution in [0.15, 0.2) is 24.5 Å². The van der Waals surface area contributed by atoms with Crippen LogP contribution in [0.5, 0.6) is 0 Å². The number of hydrogen-bond acceptors (Lipinski definition) is 4. The van der Waals surface area contributed by atoms with E-state index >= 15 is 0 Å². The Bertz CT molecular complexity index is 943. The van der Waals surface area contributed by atoms with Gasteiger partial charge in [0.25, 0.3) is 5.91 Å². The molecule has 0 aliphatic carbocycles. The van der Waals surface area contributed by atoms with Crippen molar-refractivity contribution in [2.45, 2.75) is 19.6 Å². The average molecular weight is 352 g/mol. The number of fused-ring (bicyclic) bond motifs is 1. The number of carbonyl (C=O) groups is 1. The molecule has 0 bridgehead atoms. The van der Waals surface area contributed by atoms with Crippen molar-refractivity contribution in [2.75, 3.05) is 7.05 Å². The van der Waals surface area contributed by atoms with E-state index in [4.69, 9.17) is 0 Å². The summed E-state index contributed by atoms with van der Waals surface area (Å²) in [4.78, 5) is 17.9. The van der Waals surface area contributed by atoms with E-state index in [0.29, 0.717) is 4.52 Å². The fourth-order valence-corrected chi connectivity index (χ4v) is 2.50. The fourth-order valence-electron chi connectivity index (χ4n) is 2.50. The summed E-state index contributed by atoms with van der Waals surface area (Å²) in [5.74, 6) is -0.500. The van der Waals surface area contributed by atoms with Gasteiger partial charge in [0.05, 0.1) is 6.20 Å². The molecular formula is C15H15F3N6O. The molecule has 1 amide bonds. The summed E-state index contributed by atoms with van der Waals surface area (Å²) in [5.41, 5.74) is -0.0982. The lowest BCUT2D eigenvalue weighted by molar-refractivity contribution is -0.142. The van der Waals surface area contributed by atoms with Gasteiger partial charge in [-0.05, 0) is 13.0 Å². The summed E-state index contributed by atoms with van der Waals surface area (Å²) in [5, 5.41) is 7.82. The van der Waals surface area contributed by atoms with Crippen LogP contribution in [-0.2, 0) is 19.8 Å². The fraction of sp³-hybridized carbons (Fsp3) is 0.333. The van der Waals surface area contributed by atoms with Crippen LogP contribution in [0, 0.1) is 6.92 Å². The van der Waals surface area contributed by atoms with Crippen LogP contribution in [0.25, 0.3) is 5.65 Å². The van der Waals surface area contributed by atoms with Gasteiger partial charge < -0.3 is 4.90 Å². The van der Waals surface area contributed by atoms with E-state index in [9.17, 15) is 18.0 Å². The number of carbonyl (C=O) groups excluding carboxylic acids is 1. The Labute approximate surface area is 140 Å². The quantitative estimate of drug-likeness (QED) is 0.724. The first-order valence-corrected chi connectivity index (χ1v) is 7.33. The minimum absolute atomic E-state index is 0.0227. The minimum Gasteiger partial charge on any atom is -0.336 e. The van der Waals surface area contributed by atoms with Crippen molar-refractivity contribution in [3.63, 3.8) is 0 Å². The molecule has 3 aromatic rings. The van der Waals surface area contributed by atoms with Gasteiger partial charge in [-0.2, -0.15) is 23.4 Å². The van der Waals surface area contributed by atoms with E-state index in [0.717, 1.165) is 11.6 Å². The van der Waals surface area contributed by atoms with Crippen LogP contribution in [0.1, 0.15) is 27.4 Å². The van der Waals surface area contributed by atoms with Gasteiger partial charge in [0.15, 0.2) is 11.3 Å². The van der Waals surface area contributed by atoms with Crippen molar-refractivity contribution < 1.29 is 18.0 Å². The van der Waals surface area contributed by atoms with Crippen LogP contribution in [0.3, 0.4) is 0 Å². The zero-order chi connectivity index (χ0) is 18.4. The molecule has 7 nitrogen and oxygen atoms in total. The topological polar surface area (TPSA) is 68.3 Å². The summed E-state index contributed by atoms with van der Waals surface area (Å²) < 4.78 is 41.7. The predicted octanol–water partition coefficient (Wildman–Crippen LogP) is 2.06. The molecule has 3 heterocycles. The highest BCUT2D eigenvalue weighted by atomic mass is 19.4. The predicted molar refractivity (Wildman–Crippen MR) is 81.7 cm³/mol. The SMILES string of the molecule is Cc1cc(C(F)(F)F)n2nc(C(=O)N(C)Cc3cnn(C)c3)cc2n1. The Morgan fingerprint density at radius 3 is 2.64 bits per heavy atom. The van der Waals surface area contributed by atoms with E-state index in [1.165, 1.54) is 17.9 Å². The van der Waals surface area contributed by atoms with E-state index in [1.54, 1.807) is 31.2 Å². The second-order valence-corrected chi connectivity index (χ2v) is 5.76. The molecule has 0 spiro atoms. The summed E-state index contributed by atoms with van der Waals surface area (Å²) in [6.45, 7) is 1.72. The van der Waals surface area contributed by atoms with Crippen LogP contribution in [-0.4, -0.2) is 42.2 Å². The first-order valence-electron chi connectivity index (χ1n) is 7.33. The molecule has 0 unspecified atom stereocenters. The van der Waals surface area contributed by atoms with E-state index in [1.807, 2.05) is 0 Å². The molecule has 0 fully saturated rings. The molecule has 0 aliphatic rings. The lowest BCUT2D eigenvalue weighted by atomic mass is 10.3. The molecular weight excluding hydrogens is 337 g/mol. The lowest BCUT2D eigenvalue weighted by Gasteiger charge is -2.14. The molecule has 0 saturated heterocycles. The number of halogens is 3. The number of aromatic nitrogens is 5. The number of nitrogens with zero attached hydrogens (tertiary/aromatic N) is 6. The second-order valence-electron chi connectivity index (χ2n) is 5.76. The Balaban J connectivity index is 1.94. The molecule has 0 N–H and O–H groups in total. The van der Waals surface area contributed by atoms with Crippen molar-refractivity contribution in [1.29, 1.82) is 0 Å². The molecule has 0 aromatic carbocycles. The third-order valence-corrected chi connectivity index (χ3v) is 3.59. The highest BCUT2D eigenvalue weighted by molar-refractivity contribution is 5.93. The monoisotopic (exact) mass is 352 g/mol. The van der Waals surface area contributed by atoms with Gasteiger partial charge >= 0.3 is 6.18 Å². The van der Waals surface area contributed by atoms with Gasteiger partial charge in [0.1, 0.15) is 5.69 Å². The van der Waals surface area contributed by atoms with E-state index < -0.39 is 17.8 Å². The van der Waals surface area contributed by atoms with E-state index in [2.05, 4.69) is 15.2 Å². The Kier molecular flexibility index (Phi) is 3.97. The molecule has 10 heteroatoms. The largest absolute Gasteiger partial charge is 0.433 e. The van der Waals surface area contributed by atoms with Gasteiger partial charge in [-0.1, -0.05) is 0 Å². The molecule has 0 aliphatic heterocycles. The summed E-state index contributed by atoms with van der Waals surface area (Å²) in [6.07, 6.45) is -1.24. The van der Waals surface area contributed by atoms with Crippen molar-refractivity contribution in [3.05, 3.63) is 47.2 Å². The molecule has 0 atom stereocenters. The van der Waals surface area contributed by atoms with Gasteiger partial charge in [-0.15, -0.1) is 0 Å². The zero-order valence-corrected chi connectivity index (χ0v) is 13.7. The second kappa shape index (κ2) is 5.87. The van der Waals surface area contributed by atoms with Gasteiger partial charge in [0.2, 0.25) is 0 Å². The Morgan fingerprint density at radius 2 is 2.04 bits per heavy atom. The average Bonchev–Trinajstić information content (AvgIpc) is 3.10. The molecule has 132 valence electrons. The maximum atomic E-state index is 13.2. The molecule has 25 heavy (non-hydrogen) atoms. The highest BCUT2D eigenvalue weighted by Gasteiger charge is 2.35. The first-order chi connectivity index (χ1) is 11.6. The minimum atomic E-state index is -4.60. The molecule has 0 saturated carbocycles. The smallest absolute Gasteiger partial charge is 0.336 e. The van der Waals surface area contributed by atoms with Gasteiger partial charge in [-0.3, -0.25) is 9.48 Å². The number of rotatable bonds is 3. The van der Waals surface area contributed by atoms with Gasteiger partial charge in [-0.25, -0.2) is 9.50 Å². The third-order valence-electron chi connectivity index (χ3n) is 3.59. The molecule has 3 aromatic heterocycles. The maximum absolute atomic E-state index is 13.2. The van der Waals surface area contributed by atoms with Crippen molar-refractivity contribution in [3.8, 4) is 0 Å². The molecule has 3 rings (SSSR count).